The Balaban J connectivity index is 1.77. The van der Waals surface area contributed by atoms with Gasteiger partial charge in [-0.3, -0.25) is 4.79 Å². The molecule has 2 aliphatic heterocycles. The normalized spacial score (nSPS) is 28.8. The molecule has 0 spiro atoms. The highest BCUT2D eigenvalue weighted by Crippen LogP contribution is 2.29. The third-order valence-corrected chi connectivity index (χ3v) is 4.38. The van der Waals surface area contributed by atoms with E-state index in [1.165, 1.54) is 45.3 Å². The quantitative estimate of drug-likeness (QED) is 0.816. The molecule has 2 rings (SSSR count). The first-order chi connectivity index (χ1) is 8.29. The zero-order valence-electron chi connectivity index (χ0n) is 11.1. The van der Waals surface area contributed by atoms with Crippen LogP contribution in [0.15, 0.2) is 0 Å². The van der Waals surface area contributed by atoms with Gasteiger partial charge in [-0.15, -0.1) is 0 Å². The van der Waals surface area contributed by atoms with Gasteiger partial charge in [-0.05, 0) is 63.6 Å². The average Bonchev–Trinajstić information content (AvgIpc) is 2.56. The van der Waals surface area contributed by atoms with E-state index >= 15 is 0 Å². The van der Waals surface area contributed by atoms with Crippen molar-refractivity contribution in [3.8, 4) is 0 Å². The molecular formula is C14H26N2O. The second kappa shape index (κ2) is 6.39. The fourth-order valence-corrected chi connectivity index (χ4v) is 3.33. The molecule has 0 aromatic rings. The minimum atomic E-state index is 0.260. The molecule has 2 fully saturated rings. The number of nitrogens with zero attached hydrogens (tertiary/aromatic N) is 1. The molecule has 2 saturated heterocycles. The topological polar surface area (TPSA) is 32.3 Å². The number of rotatable bonds is 3. The van der Waals surface area contributed by atoms with Crippen LogP contribution in [0.1, 0.15) is 45.4 Å². The smallest absolute Gasteiger partial charge is 0.220 e. The Bertz CT molecular complexity index is 247. The van der Waals surface area contributed by atoms with Crippen LogP contribution in [0.2, 0.25) is 0 Å². The van der Waals surface area contributed by atoms with Crippen molar-refractivity contribution in [2.45, 2.75) is 45.4 Å². The Morgan fingerprint density at radius 1 is 1.24 bits per heavy atom. The molecule has 0 saturated carbocycles. The lowest BCUT2D eigenvalue weighted by molar-refractivity contribution is -0.120. The summed E-state index contributed by atoms with van der Waals surface area (Å²) in [5.74, 6) is 1.85. The predicted octanol–water partition coefficient (Wildman–Crippen LogP) is 2.02. The lowest BCUT2D eigenvalue weighted by Gasteiger charge is -2.35. The summed E-state index contributed by atoms with van der Waals surface area (Å²) in [7, 11) is 0. The summed E-state index contributed by atoms with van der Waals surface area (Å²) >= 11 is 0. The van der Waals surface area contributed by atoms with Crippen LogP contribution in [0.25, 0.3) is 0 Å². The average molecular weight is 238 g/mol. The standard InChI is InChI=1S/C14H26N2O/c1-2-8-16-9-6-12(7-10-16)13-4-3-5-14(17)15-11-13/h12-13H,2-11H2,1H3,(H,15,17). The Morgan fingerprint density at radius 2 is 2.00 bits per heavy atom. The van der Waals surface area contributed by atoms with Gasteiger partial charge >= 0.3 is 0 Å². The maximum absolute atomic E-state index is 11.3. The molecule has 3 heteroatoms. The second-order valence-corrected chi connectivity index (χ2v) is 5.64. The van der Waals surface area contributed by atoms with Gasteiger partial charge in [0.2, 0.25) is 5.91 Å². The minimum absolute atomic E-state index is 0.260. The van der Waals surface area contributed by atoms with E-state index in [0.29, 0.717) is 0 Å². The molecule has 2 aliphatic rings. The van der Waals surface area contributed by atoms with Gasteiger partial charge < -0.3 is 10.2 Å². The van der Waals surface area contributed by atoms with Gasteiger partial charge in [-0.25, -0.2) is 0 Å². The maximum atomic E-state index is 11.3. The van der Waals surface area contributed by atoms with Gasteiger partial charge in [0.15, 0.2) is 0 Å². The van der Waals surface area contributed by atoms with E-state index in [4.69, 9.17) is 0 Å². The Labute approximate surface area is 105 Å². The molecule has 0 radical (unpaired) electrons. The monoisotopic (exact) mass is 238 g/mol. The van der Waals surface area contributed by atoms with Crippen molar-refractivity contribution in [1.29, 1.82) is 0 Å². The van der Waals surface area contributed by atoms with Gasteiger partial charge in [0, 0.05) is 13.0 Å². The van der Waals surface area contributed by atoms with Gasteiger partial charge in [0.1, 0.15) is 0 Å². The van der Waals surface area contributed by atoms with E-state index < -0.39 is 0 Å². The van der Waals surface area contributed by atoms with E-state index in [9.17, 15) is 4.79 Å². The lowest BCUT2D eigenvalue weighted by atomic mass is 9.82. The summed E-state index contributed by atoms with van der Waals surface area (Å²) in [5.41, 5.74) is 0. The number of piperidine rings is 1. The largest absolute Gasteiger partial charge is 0.356 e. The van der Waals surface area contributed by atoms with Crippen molar-refractivity contribution in [3.05, 3.63) is 0 Å². The van der Waals surface area contributed by atoms with Crippen LogP contribution in [-0.4, -0.2) is 37.0 Å². The van der Waals surface area contributed by atoms with E-state index in [0.717, 1.165) is 31.2 Å². The van der Waals surface area contributed by atoms with E-state index in [1.54, 1.807) is 0 Å². The zero-order chi connectivity index (χ0) is 12.1. The minimum Gasteiger partial charge on any atom is -0.356 e. The lowest BCUT2D eigenvalue weighted by Crippen LogP contribution is -2.38. The highest BCUT2D eigenvalue weighted by molar-refractivity contribution is 5.76. The van der Waals surface area contributed by atoms with Gasteiger partial charge in [0.05, 0.1) is 0 Å². The molecule has 0 aromatic carbocycles. The first-order valence-corrected chi connectivity index (χ1v) is 7.28. The third kappa shape index (κ3) is 3.70. The Kier molecular flexibility index (Phi) is 4.84. The molecule has 0 bridgehead atoms. The van der Waals surface area contributed by atoms with Crippen LogP contribution in [0.5, 0.6) is 0 Å². The maximum Gasteiger partial charge on any atom is 0.220 e. The van der Waals surface area contributed by atoms with Crippen LogP contribution in [0, 0.1) is 11.8 Å². The summed E-state index contributed by atoms with van der Waals surface area (Å²) in [4.78, 5) is 13.9. The molecule has 98 valence electrons. The summed E-state index contributed by atoms with van der Waals surface area (Å²) in [6.45, 7) is 6.98. The number of hydrogen-bond donors (Lipinski definition) is 1. The molecule has 2 heterocycles. The van der Waals surface area contributed by atoms with Crippen molar-refractivity contribution in [2.75, 3.05) is 26.2 Å². The van der Waals surface area contributed by atoms with E-state index in [2.05, 4.69) is 17.1 Å². The van der Waals surface area contributed by atoms with Crippen LogP contribution in [0.4, 0.5) is 0 Å². The molecule has 17 heavy (non-hydrogen) atoms. The molecular weight excluding hydrogens is 212 g/mol. The van der Waals surface area contributed by atoms with Gasteiger partial charge in [-0.1, -0.05) is 6.92 Å². The number of carbonyl (C=O) groups is 1. The summed E-state index contributed by atoms with van der Waals surface area (Å²) in [5, 5.41) is 3.08. The van der Waals surface area contributed by atoms with Gasteiger partial charge in [0.25, 0.3) is 0 Å². The number of hydrogen-bond acceptors (Lipinski definition) is 2. The first kappa shape index (κ1) is 12.9. The zero-order valence-corrected chi connectivity index (χ0v) is 11.1. The first-order valence-electron chi connectivity index (χ1n) is 7.28. The van der Waals surface area contributed by atoms with Crippen molar-refractivity contribution >= 4 is 5.91 Å². The molecule has 1 amide bonds. The third-order valence-electron chi connectivity index (χ3n) is 4.38. The highest BCUT2D eigenvalue weighted by atomic mass is 16.1. The number of amides is 1. The number of nitrogens with one attached hydrogen (secondary N) is 1. The van der Waals surface area contributed by atoms with E-state index in [1.807, 2.05) is 0 Å². The van der Waals surface area contributed by atoms with E-state index in [-0.39, 0.29) is 5.91 Å². The SMILES string of the molecule is CCCN1CCC(C2CCCC(=O)NC2)CC1. The Hall–Kier alpha value is -0.570. The highest BCUT2D eigenvalue weighted by Gasteiger charge is 2.27. The molecule has 0 aromatic heterocycles. The summed E-state index contributed by atoms with van der Waals surface area (Å²) < 4.78 is 0. The molecule has 1 atom stereocenters. The molecule has 1 unspecified atom stereocenters. The number of carbonyl (C=O) groups excluding carboxylic acids is 1. The number of likely N-dealkylation sites (tertiary alicyclic amines) is 1. The Morgan fingerprint density at radius 3 is 2.71 bits per heavy atom. The molecule has 1 N–H and O–H groups in total. The van der Waals surface area contributed by atoms with Crippen molar-refractivity contribution in [2.24, 2.45) is 11.8 Å². The van der Waals surface area contributed by atoms with Crippen LogP contribution in [0.3, 0.4) is 0 Å². The predicted molar refractivity (Wildman–Crippen MR) is 69.8 cm³/mol. The van der Waals surface area contributed by atoms with Crippen molar-refractivity contribution in [1.82, 2.24) is 10.2 Å². The summed E-state index contributed by atoms with van der Waals surface area (Å²) in [6, 6.07) is 0. The van der Waals surface area contributed by atoms with Crippen LogP contribution >= 0.6 is 0 Å². The van der Waals surface area contributed by atoms with Crippen molar-refractivity contribution in [3.63, 3.8) is 0 Å². The van der Waals surface area contributed by atoms with Crippen LogP contribution < -0.4 is 5.32 Å². The van der Waals surface area contributed by atoms with Crippen LogP contribution in [-0.2, 0) is 4.79 Å². The second-order valence-electron chi connectivity index (χ2n) is 5.64. The summed E-state index contributed by atoms with van der Waals surface area (Å²) in [6.07, 6.45) is 7.01. The molecule has 3 nitrogen and oxygen atoms in total. The fourth-order valence-electron chi connectivity index (χ4n) is 3.33. The van der Waals surface area contributed by atoms with Gasteiger partial charge in [-0.2, -0.15) is 0 Å². The fraction of sp³-hybridized carbons (Fsp3) is 0.929. The molecule has 0 aliphatic carbocycles. The van der Waals surface area contributed by atoms with Crippen molar-refractivity contribution < 1.29 is 4.79 Å².